The van der Waals surface area contributed by atoms with E-state index in [-0.39, 0.29) is 29.6 Å². The summed E-state index contributed by atoms with van der Waals surface area (Å²) in [5.41, 5.74) is 8.86. The van der Waals surface area contributed by atoms with Crippen LogP contribution in [0.5, 0.6) is 0 Å². The van der Waals surface area contributed by atoms with Crippen molar-refractivity contribution in [2.75, 3.05) is 19.8 Å². The van der Waals surface area contributed by atoms with Crippen LogP contribution < -0.4 is 5.73 Å². The highest BCUT2D eigenvalue weighted by atomic mass is 16.5. The Morgan fingerprint density at radius 1 is 1.28 bits per heavy atom. The molecule has 3 heterocycles. The van der Waals surface area contributed by atoms with Crippen molar-refractivity contribution in [3.8, 4) is 0 Å². The number of carbonyl (C=O) groups is 1. The van der Waals surface area contributed by atoms with Crippen LogP contribution in [0.15, 0.2) is 52.1 Å². The third-order valence-electron chi connectivity index (χ3n) is 5.46. The molecule has 0 amide bonds. The fourth-order valence-corrected chi connectivity index (χ4v) is 4.39. The van der Waals surface area contributed by atoms with Crippen LogP contribution in [-0.2, 0) is 9.53 Å². The van der Waals surface area contributed by atoms with Crippen molar-refractivity contribution in [3.05, 3.63) is 54.1 Å². The van der Waals surface area contributed by atoms with Gasteiger partial charge in [0.15, 0.2) is 0 Å². The van der Waals surface area contributed by atoms with Crippen molar-refractivity contribution in [1.82, 2.24) is 9.97 Å². The van der Waals surface area contributed by atoms with Crippen molar-refractivity contribution >= 4 is 17.1 Å². The number of allylic oxidation sites excluding steroid dienone is 1. The van der Waals surface area contributed by atoms with Gasteiger partial charge in [-0.15, -0.1) is 0 Å². The van der Waals surface area contributed by atoms with Gasteiger partial charge in [0.1, 0.15) is 12.0 Å². The first-order chi connectivity index (χ1) is 14.0. The molecule has 0 aromatic carbocycles. The second-order valence-corrected chi connectivity index (χ2v) is 8.37. The first-order valence-electron chi connectivity index (χ1n) is 9.91. The number of ketones is 1. The van der Waals surface area contributed by atoms with Crippen molar-refractivity contribution in [2.24, 2.45) is 22.1 Å². The molecule has 0 spiro atoms. The largest absolute Gasteiger partial charge is 0.445 e. The van der Waals surface area contributed by atoms with Crippen molar-refractivity contribution in [1.29, 1.82) is 0 Å². The zero-order chi connectivity index (χ0) is 20.4. The Morgan fingerprint density at radius 3 is 2.83 bits per heavy atom. The van der Waals surface area contributed by atoms with E-state index >= 15 is 0 Å². The Kier molecular flexibility index (Phi) is 5.43. The first-order valence-corrected chi connectivity index (χ1v) is 9.91. The van der Waals surface area contributed by atoms with Crippen LogP contribution in [0.4, 0.5) is 0 Å². The Hall–Kier alpha value is -2.64. The number of Topliss-reactive ketones (excluding diaryl/α,β-unsaturated/α-hetero) is 1. The van der Waals surface area contributed by atoms with Gasteiger partial charge in [-0.3, -0.25) is 14.8 Å². The molecule has 0 radical (unpaired) electrons. The number of pyridine rings is 1. The molecule has 2 aromatic heterocycles. The number of aromatic nitrogens is 2. The number of ether oxygens (including phenoxy) is 1. The molecule has 152 valence electrons. The van der Waals surface area contributed by atoms with Crippen molar-refractivity contribution in [3.63, 3.8) is 0 Å². The summed E-state index contributed by atoms with van der Waals surface area (Å²) < 4.78 is 11.4. The summed E-state index contributed by atoms with van der Waals surface area (Å²) in [5.74, 6) is 0.0628. The first kappa shape index (κ1) is 19.7. The minimum Gasteiger partial charge on any atom is -0.445 e. The van der Waals surface area contributed by atoms with Crippen LogP contribution in [0, 0.1) is 11.3 Å². The maximum absolute atomic E-state index is 13.3. The van der Waals surface area contributed by atoms with E-state index in [4.69, 9.17) is 19.9 Å². The lowest BCUT2D eigenvalue weighted by Gasteiger charge is -2.41. The van der Waals surface area contributed by atoms with Crippen LogP contribution in [0.3, 0.4) is 0 Å². The van der Waals surface area contributed by atoms with E-state index in [1.807, 2.05) is 18.3 Å². The predicted molar refractivity (Wildman–Crippen MR) is 109 cm³/mol. The zero-order valence-corrected chi connectivity index (χ0v) is 16.8. The Labute approximate surface area is 170 Å². The SMILES string of the molecule is CC1(C)CC(=O)C2C(=NC(COCCN)=C(c3ncco3)C2c2cccnc2)C1. The number of rotatable bonds is 6. The lowest BCUT2D eigenvalue weighted by molar-refractivity contribution is -0.124. The summed E-state index contributed by atoms with van der Waals surface area (Å²) in [6.07, 6.45) is 7.96. The predicted octanol–water partition coefficient (Wildman–Crippen LogP) is 3.00. The van der Waals surface area contributed by atoms with Crippen molar-refractivity contribution < 1.29 is 13.9 Å². The maximum atomic E-state index is 13.3. The third kappa shape index (κ3) is 3.93. The minimum atomic E-state index is -0.340. The van der Waals surface area contributed by atoms with E-state index in [9.17, 15) is 4.79 Å². The second kappa shape index (κ2) is 8.00. The molecule has 2 aromatic rings. The van der Waals surface area contributed by atoms with Crippen LogP contribution in [0.1, 0.15) is 44.1 Å². The molecule has 0 bridgehead atoms. The average Bonchev–Trinajstić information content (AvgIpc) is 3.21. The fraction of sp³-hybridized carbons (Fsp3) is 0.455. The monoisotopic (exact) mass is 394 g/mol. The summed E-state index contributed by atoms with van der Waals surface area (Å²) >= 11 is 0. The van der Waals surface area contributed by atoms with Gasteiger partial charge in [0, 0.05) is 42.6 Å². The molecular formula is C22H26N4O3. The molecule has 2 unspecified atom stereocenters. The van der Waals surface area contributed by atoms with Crippen molar-refractivity contribution in [2.45, 2.75) is 32.6 Å². The highest BCUT2D eigenvalue weighted by Crippen LogP contribution is 2.49. The van der Waals surface area contributed by atoms with E-state index in [0.717, 1.165) is 29.0 Å². The van der Waals surface area contributed by atoms with Gasteiger partial charge in [0.2, 0.25) is 5.89 Å². The number of nitrogens with zero attached hydrogens (tertiary/aromatic N) is 3. The summed E-state index contributed by atoms with van der Waals surface area (Å²) in [5, 5.41) is 0. The smallest absolute Gasteiger partial charge is 0.224 e. The summed E-state index contributed by atoms with van der Waals surface area (Å²) in [6.45, 7) is 5.37. The van der Waals surface area contributed by atoms with Crippen LogP contribution in [-0.4, -0.2) is 41.2 Å². The Bertz CT molecular complexity index is 932. The highest BCUT2D eigenvalue weighted by Gasteiger charge is 2.47. The quantitative estimate of drug-likeness (QED) is 0.756. The molecule has 0 saturated heterocycles. The molecule has 2 atom stereocenters. The maximum Gasteiger partial charge on any atom is 0.224 e. The number of nitrogens with two attached hydrogens (primary N) is 1. The fourth-order valence-electron chi connectivity index (χ4n) is 4.39. The minimum absolute atomic E-state index is 0.116. The molecule has 2 N–H and O–H groups in total. The number of carbonyl (C=O) groups excluding carboxylic acids is 1. The molecule has 7 heteroatoms. The lowest BCUT2D eigenvalue weighted by Crippen LogP contribution is -2.43. The van der Waals surface area contributed by atoms with E-state index in [2.05, 4.69) is 23.8 Å². The van der Waals surface area contributed by atoms with Gasteiger partial charge >= 0.3 is 0 Å². The standard InChI is InChI=1S/C22H26N4O3/c1-22(2)10-15-19(17(27)11-22)18(14-4-3-6-24-12-14)20(21-25-7-9-29-21)16(26-15)13-28-8-5-23/h3-4,6-7,9,12,18-19H,5,8,10-11,13,23H2,1-2H3. The molecule has 1 aliphatic carbocycles. The van der Waals surface area contributed by atoms with Crippen LogP contribution >= 0.6 is 0 Å². The summed E-state index contributed by atoms with van der Waals surface area (Å²) in [6, 6.07) is 3.88. The van der Waals surface area contributed by atoms with E-state index in [1.54, 1.807) is 12.4 Å². The number of aliphatic imine (C=N–C) groups is 1. The molecular weight excluding hydrogens is 368 g/mol. The van der Waals surface area contributed by atoms with Crippen LogP contribution in [0.25, 0.3) is 5.57 Å². The van der Waals surface area contributed by atoms with E-state index in [0.29, 0.717) is 25.5 Å². The molecule has 1 saturated carbocycles. The molecule has 7 nitrogen and oxygen atoms in total. The number of fused-ring (bicyclic) bond motifs is 1. The molecule has 2 aliphatic rings. The van der Waals surface area contributed by atoms with Gasteiger partial charge in [-0.1, -0.05) is 19.9 Å². The van der Waals surface area contributed by atoms with Gasteiger partial charge in [-0.2, -0.15) is 0 Å². The Balaban J connectivity index is 1.89. The zero-order valence-electron chi connectivity index (χ0n) is 16.8. The molecule has 4 rings (SSSR count). The number of hydrogen-bond donors (Lipinski definition) is 1. The summed E-state index contributed by atoms with van der Waals surface area (Å²) in [4.78, 5) is 26.9. The average molecular weight is 394 g/mol. The van der Waals surface area contributed by atoms with Gasteiger partial charge in [-0.05, 0) is 23.5 Å². The van der Waals surface area contributed by atoms with E-state index < -0.39 is 0 Å². The number of hydrogen-bond acceptors (Lipinski definition) is 7. The van der Waals surface area contributed by atoms with Gasteiger partial charge < -0.3 is 14.9 Å². The third-order valence-corrected chi connectivity index (χ3v) is 5.46. The lowest BCUT2D eigenvalue weighted by atomic mass is 9.63. The highest BCUT2D eigenvalue weighted by molar-refractivity contribution is 6.12. The number of oxazole rings is 1. The molecule has 1 fully saturated rings. The van der Waals surface area contributed by atoms with Gasteiger partial charge in [-0.25, -0.2) is 4.98 Å². The normalized spacial score (nSPS) is 23.7. The molecule has 1 aliphatic heterocycles. The van der Waals surface area contributed by atoms with E-state index in [1.165, 1.54) is 6.26 Å². The second-order valence-electron chi connectivity index (χ2n) is 8.37. The van der Waals surface area contributed by atoms with Gasteiger partial charge in [0.05, 0.1) is 31.0 Å². The van der Waals surface area contributed by atoms with Crippen LogP contribution in [0.2, 0.25) is 0 Å². The Morgan fingerprint density at radius 2 is 2.14 bits per heavy atom. The summed E-state index contributed by atoms with van der Waals surface area (Å²) in [7, 11) is 0. The topological polar surface area (TPSA) is 104 Å². The molecule has 29 heavy (non-hydrogen) atoms. The van der Waals surface area contributed by atoms with Gasteiger partial charge in [0.25, 0.3) is 0 Å².